The fourth-order valence-corrected chi connectivity index (χ4v) is 5.21. The van der Waals surface area contributed by atoms with Gasteiger partial charge in [0.15, 0.2) is 5.88 Å². The second kappa shape index (κ2) is 12.4. The summed E-state index contributed by atoms with van der Waals surface area (Å²) in [6, 6.07) is 19.8. The Morgan fingerprint density at radius 1 is 0.952 bits per heavy atom. The highest BCUT2D eigenvalue weighted by atomic mass is 35.5. The van der Waals surface area contributed by atoms with Gasteiger partial charge in [-0.3, -0.25) is 4.79 Å². The average molecular weight is 598 g/mol. The van der Waals surface area contributed by atoms with Crippen molar-refractivity contribution >= 4 is 29.1 Å². The van der Waals surface area contributed by atoms with Crippen molar-refractivity contribution in [3.63, 3.8) is 0 Å². The third kappa shape index (κ3) is 6.36. The zero-order valence-electron chi connectivity index (χ0n) is 23.3. The Kier molecular flexibility index (Phi) is 8.68. The van der Waals surface area contributed by atoms with E-state index in [9.17, 15) is 18.0 Å². The number of nitrogens with zero attached hydrogens (tertiary/aromatic N) is 2. The Balaban J connectivity index is 1.44. The normalized spacial score (nSPS) is 13.8. The third-order valence-corrected chi connectivity index (χ3v) is 7.67. The van der Waals surface area contributed by atoms with Crippen LogP contribution in [0.5, 0.6) is 5.75 Å². The summed E-state index contributed by atoms with van der Waals surface area (Å²) in [5.74, 6) is 1.20. The monoisotopic (exact) mass is 597 g/mol. The molecule has 220 valence electrons. The number of piperazine rings is 1. The third-order valence-electron chi connectivity index (χ3n) is 7.42. The van der Waals surface area contributed by atoms with Crippen LogP contribution in [0.15, 0.2) is 77.2 Å². The summed E-state index contributed by atoms with van der Waals surface area (Å²) in [4.78, 5) is 18.0. The molecule has 10 heteroatoms. The molecule has 5 rings (SSSR count). The summed E-state index contributed by atoms with van der Waals surface area (Å²) in [5.41, 5.74) is 2.69. The lowest BCUT2D eigenvalue weighted by Crippen LogP contribution is -2.49. The van der Waals surface area contributed by atoms with Crippen molar-refractivity contribution in [2.24, 2.45) is 0 Å². The molecule has 0 saturated carbocycles. The van der Waals surface area contributed by atoms with Gasteiger partial charge >= 0.3 is 6.18 Å². The van der Waals surface area contributed by atoms with Crippen molar-refractivity contribution < 1.29 is 27.1 Å². The second-order valence-corrected chi connectivity index (χ2v) is 10.4. The number of rotatable bonds is 8. The first-order valence-electron chi connectivity index (χ1n) is 13.7. The van der Waals surface area contributed by atoms with Crippen LogP contribution in [0.3, 0.4) is 0 Å². The number of amides is 1. The number of furan rings is 1. The molecule has 1 saturated heterocycles. The van der Waals surface area contributed by atoms with Gasteiger partial charge in [0, 0.05) is 54.6 Å². The van der Waals surface area contributed by atoms with Gasteiger partial charge in [-0.2, -0.15) is 13.2 Å². The van der Waals surface area contributed by atoms with Crippen molar-refractivity contribution in [3.8, 4) is 17.1 Å². The van der Waals surface area contributed by atoms with Crippen LogP contribution in [0, 0.1) is 0 Å². The quantitative estimate of drug-likeness (QED) is 0.225. The Labute approximate surface area is 247 Å². The number of carbonyl (C=O) groups is 1. The molecule has 1 aliphatic heterocycles. The first kappa shape index (κ1) is 29.4. The predicted octanol–water partition coefficient (Wildman–Crippen LogP) is 7.76. The lowest BCUT2D eigenvalue weighted by molar-refractivity contribution is -0.137. The number of hydrogen-bond donors (Lipinski definition) is 1. The molecule has 1 amide bonds. The lowest BCUT2D eigenvalue weighted by Gasteiger charge is -2.36. The largest absolute Gasteiger partial charge is 0.497 e. The maximum absolute atomic E-state index is 14.1. The molecule has 6 nitrogen and oxygen atoms in total. The molecule has 0 atom stereocenters. The van der Waals surface area contributed by atoms with Gasteiger partial charge in [0.05, 0.1) is 18.2 Å². The molecule has 0 unspecified atom stereocenters. The molecule has 1 aliphatic rings. The number of anilines is 2. The minimum atomic E-state index is -4.47. The zero-order chi connectivity index (χ0) is 29.9. The molecular formula is C32H31ClF3N3O3. The van der Waals surface area contributed by atoms with E-state index in [4.69, 9.17) is 20.8 Å². The molecule has 3 aromatic carbocycles. The van der Waals surface area contributed by atoms with E-state index in [0.717, 1.165) is 29.1 Å². The van der Waals surface area contributed by atoms with Gasteiger partial charge in [0.1, 0.15) is 11.5 Å². The highest BCUT2D eigenvalue weighted by Crippen LogP contribution is 2.38. The molecular weight excluding hydrogens is 567 g/mol. The van der Waals surface area contributed by atoms with Crippen LogP contribution in [0.4, 0.5) is 24.7 Å². The van der Waals surface area contributed by atoms with E-state index in [1.165, 1.54) is 12.1 Å². The first-order valence-corrected chi connectivity index (χ1v) is 14.1. The van der Waals surface area contributed by atoms with E-state index < -0.39 is 11.7 Å². The van der Waals surface area contributed by atoms with Gasteiger partial charge in [-0.1, -0.05) is 42.8 Å². The van der Waals surface area contributed by atoms with Crippen LogP contribution >= 0.6 is 11.6 Å². The summed E-state index contributed by atoms with van der Waals surface area (Å²) >= 11 is 6.03. The lowest BCUT2D eigenvalue weighted by atomic mass is 10.0. The maximum Gasteiger partial charge on any atom is 0.416 e. The molecule has 2 heterocycles. The number of carbonyl (C=O) groups excluding carboxylic acids is 1. The van der Waals surface area contributed by atoms with Gasteiger partial charge in [0.2, 0.25) is 0 Å². The van der Waals surface area contributed by atoms with Crippen LogP contribution in [-0.4, -0.2) is 44.1 Å². The summed E-state index contributed by atoms with van der Waals surface area (Å²) in [6.07, 6.45) is -3.98. The smallest absolute Gasteiger partial charge is 0.416 e. The van der Waals surface area contributed by atoms with E-state index >= 15 is 0 Å². The van der Waals surface area contributed by atoms with Crippen molar-refractivity contribution in [1.29, 1.82) is 0 Å². The Morgan fingerprint density at radius 3 is 2.17 bits per heavy atom. The second-order valence-electron chi connectivity index (χ2n) is 10.00. The molecule has 0 bridgehead atoms. The van der Waals surface area contributed by atoms with Crippen molar-refractivity contribution in [2.45, 2.75) is 26.1 Å². The van der Waals surface area contributed by atoms with Crippen molar-refractivity contribution in [2.75, 3.05) is 43.5 Å². The van der Waals surface area contributed by atoms with E-state index in [1.54, 1.807) is 12.0 Å². The Morgan fingerprint density at radius 2 is 1.60 bits per heavy atom. The van der Waals surface area contributed by atoms with Crippen molar-refractivity contribution in [1.82, 2.24) is 4.90 Å². The number of ether oxygens (including phenoxy) is 1. The van der Waals surface area contributed by atoms with Gasteiger partial charge in [-0.15, -0.1) is 0 Å². The van der Waals surface area contributed by atoms with Gasteiger partial charge < -0.3 is 24.3 Å². The number of halogens is 4. The molecule has 1 N–H and O–H groups in total. The van der Waals surface area contributed by atoms with E-state index in [2.05, 4.69) is 10.2 Å². The highest BCUT2D eigenvalue weighted by molar-refractivity contribution is 6.30. The SMILES string of the molecule is CCc1c(NCc2ccc(OC)cc2)oc(-c2ccc(C(F)(F)F)cc2)c1C(=O)N1CCN(c2ccc(Cl)cc2)CC1. The standard InChI is InChI=1S/C32H31ClF3N3O3/c1-3-27-28(31(40)39-18-16-38(17-19-39)25-12-10-24(33)11-13-25)29(22-6-8-23(9-7-22)32(34,35)36)42-30(27)37-20-21-4-14-26(41-2)15-5-21/h4-15,37H,3,16-20H2,1-2H3. The van der Waals surface area contributed by atoms with Crippen LogP contribution in [0.1, 0.15) is 34.0 Å². The average Bonchev–Trinajstić information content (AvgIpc) is 3.38. The van der Waals surface area contributed by atoms with Crippen molar-refractivity contribution in [3.05, 3.63) is 100 Å². The highest BCUT2D eigenvalue weighted by Gasteiger charge is 2.33. The minimum absolute atomic E-state index is 0.209. The predicted molar refractivity (Wildman–Crippen MR) is 158 cm³/mol. The molecule has 0 spiro atoms. The molecule has 4 aromatic rings. The van der Waals surface area contributed by atoms with Crippen LogP contribution in [0.2, 0.25) is 5.02 Å². The van der Waals surface area contributed by atoms with Crippen LogP contribution < -0.4 is 15.0 Å². The molecule has 1 fully saturated rings. The zero-order valence-corrected chi connectivity index (χ0v) is 24.1. The summed E-state index contributed by atoms with van der Waals surface area (Å²) in [5, 5.41) is 3.96. The number of hydrogen-bond acceptors (Lipinski definition) is 5. The summed E-state index contributed by atoms with van der Waals surface area (Å²) < 4.78 is 51.3. The number of benzene rings is 3. The fraction of sp³-hybridized carbons (Fsp3) is 0.281. The number of methoxy groups -OCH3 is 1. The number of alkyl halides is 3. The Bertz CT molecular complexity index is 1510. The topological polar surface area (TPSA) is 58.0 Å². The number of nitrogens with one attached hydrogen (secondary N) is 1. The molecule has 42 heavy (non-hydrogen) atoms. The first-order chi connectivity index (χ1) is 20.2. The van der Waals surface area contributed by atoms with Crippen LogP contribution in [-0.2, 0) is 19.1 Å². The van der Waals surface area contributed by atoms with E-state index in [-0.39, 0.29) is 11.7 Å². The summed E-state index contributed by atoms with van der Waals surface area (Å²) in [7, 11) is 1.60. The Hall–Kier alpha value is -4.11. The van der Waals surface area contributed by atoms with E-state index in [1.807, 2.05) is 55.5 Å². The van der Waals surface area contributed by atoms with Gasteiger partial charge in [0.25, 0.3) is 5.91 Å². The van der Waals surface area contributed by atoms with Crippen LogP contribution in [0.25, 0.3) is 11.3 Å². The van der Waals surface area contributed by atoms with Gasteiger partial charge in [-0.05, 0) is 60.5 Å². The summed E-state index contributed by atoms with van der Waals surface area (Å²) in [6.45, 7) is 4.57. The fourth-order valence-electron chi connectivity index (χ4n) is 5.09. The minimum Gasteiger partial charge on any atom is -0.497 e. The molecule has 0 aliphatic carbocycles. The van der Waals surface area contributed by atoms with E-state index in [0.29, 0.717) is 66.7 Å². The maximum atomic E-state index is 14.1. The molecule has 1 aromatic heterocycles. The molecule has 0 radical (unpaired) electrons. The van der Waals surface area contributed by atoms with Gasteiger partial charge in [-0.25, -0.2) is 0 Å².